The maximum Gasteiger partial charge on any atom is 0.484 e. The molecule has 110 valence electrons. The minimum Gasteiger partial charge on any atom is -0.466 e. The Labute approximate surface area is 140 Å². The highest BCUT2D eigenvalue weighted by atomic mass is 35.8. The third-order valence-electron chi connectivity index (χ3n) is 2.07. The fourth-order valence-electron chi connectivity index (χ4n) is 1.01. The van der Waals surface area contributed by atoms with Gasteiger partial charge in [-0.2, -0.15) is 0 Å². The van der Waals surface area contributed by atoms with Crippen LogP contribution in [0.25, 0.3) is 0 Å². The summed E-state index contributed by atoms with van der Waals surface area (Å²) in [5.74, 6) is 0. The van der Waals surface area contributed by atoms with Crippen LogP contribution in [0.5, 0.6) is 0 Å². The first kappa shape index (κ1) is 20.2. The van der Waals surface area contributed by atoms with Crippen LogP contribution in [0.15, 0.2) is 30.3 Å². The zero-order valence-corrected chi connectivity index (χ0v) is 19.5. The highest BCUT2D eigenvalue weighted by Gasteiger charge is 2.40. The molecule has 0 aliphatic rings. The largest absolute Gasteiger partial charge is 0.484 e. The minimum atomic E-state index is -3.13. The Morgan fingerprint density at radius 3 is 1.79 bits per heavy atom. The van der Waals surface area contributed by atoms with Crippen molar-refractivity contribution in [3.05, 3.63) is 30.3 Å². The van der Waals surface area contributed by atoms with Gasteiger partial charge in [0, 0.05) is 0 Å². The van der Waals surface area contributed by atoms with Crippen LogP contribution in [-0.4, -0.2) is 33.4 Å². The van der Waals surface area contributed by atoms with Gasteiger partial charge in [-0.15, -0.1) is 11.1 Å². The molecule has 0 fully saturated rings. The molecule has 0 aromatic heterocycles. The summed E-state index contributed by atoms with van der Waals surface area (Å²) >= 11 is 23.2. The summed E-state index contributed by atoms with van der Waals surface area (Å²) in [4.78, 5) is 0. The van der Waals surface area contributed by atoms with Gasteiger partial charge in [-0.25, -0.2) is 0 Å². The van der Waals surface area contributed by atoms with Crippen molar-refractivity contribution in [3.63, 3.8) is 0 Å². The van der Waals surface area contributed by atoms with Gasteiger partial charge in [-0.1, -0.05) is 63.6 Å². The molecule has 0 bridgehead atoms. The van der Waals surface area contributed by atoms with Gasteiger partial charge in [0.25, 0.3) is 0 Å². The summed E-state index contributed by atoms with van der Waals surface area (Å²) in [5, 5.41) is 0.903. The fourth-order valence-corrected chi connectivity index (χ4v) is 10.7. The van der Waals surface area contributed by atoms with E-state index >= 15 is 0 Å². The molecule has 0 N–H and O–H groups in total. The van der Waals surface area contributed by atoms with Crippen LogP contribution in [0.1, 0.15) is 0 Å². The first-order chi connectivity index (χ1) is 8.58. The molecule has 0 heterocycles. The highest BCUT2D eigenvalue weighted by Crippen LogP contribution is 2.27. The zero-order chi connectivity index (χ0) is 15.1. The molecule has 0 saturated carbocycles. The van der Waals surface area contributed by atoms with E-state index in [0.717, 1.165) is 15.7 Å². The Balaban J connectivity index is 0.000000555. The van der Waals surface area contributed by atoms with Gasteiger partial charge in [0.1, 0.15) is 10.5 Å². The molecule has 0 radical (unpaired) electrons. The lowest BCUT2D eigenvalue weighted by Crippen LogP contribution is -2.47. The van der Waals surface area contributed by atoms with Gasteiger partial charge in [-0.05, 0) is 24.8 Å². The monoisotopic (exact) mass is 410 g/mol. The van der Waals surface area contributed by atoms with E-state index in [9.17, 15) is 0 Å². The quantitative estimate of drug-likeness (QED) is 0.559. The van der Waals surface area contributed by atoms with Crippen LogP contribution in [0, 0.1) is 0 Å². The normalized spacial score (nSPS) is 14.7. The Bertz CT molecular complexity index is 359. The second kappa shape index (κ2) is 9.24. The maximum atomic E-state index is 6.24. The Morgan fingerprint density at radius 1 is 1.05 bits per heavy atom. The summed E-state index contributed by atoms with van der Waals surface area (Å²) in [5.41, 5.74) is 0. The molecule has 1 aromatic carbocycles. The van der Waals surface area contributed by atoms with Crippen LogP contribution in [-0.2, 0) is 8.23 Å². The molecule has 19 heavy (non-hydrogen) atoms. The Kier molecular flexibility index (Phi) is 9.81. The van der Waals surface area contributed by atoms with Crippen LogP contribution in [0.3, 0.4) is 0 Å². The van der Waals surface area contributed by atoms with Gasteiger partial charge >= 0.3 is 13.9 Å². The van der Waals surface area contributed by atoms with Crippen molar-refractivity contribution in [3.8, 4) is 0 Å². The third kappa shape index (κ3) is 10.5. The van der Waals surface area contributed by atoms with Crippen molar-refractivity contribution in [2.45, 2.75) is 19.6 Å². The number of benzene rings is 1. The lowest BCUT2D eigenvalue weighted by atomic mass is 10.4. The van der Waals surface area contributed by atoms with Crippen LogP contribution in [0.2, 0.25) is 19.6 Å². The number of hydrogen-bond acceptors (Lipinski definition) is 2. The molecule has 2 nitrogen and oxygen atoms in total. The third-order valence-corrected chi connectivity index (χ3v) is 13.1. The van der Waals surface area contributed by atoms with Crippen LogP contribution >= 0.6 is 44.3 Å². The van der Waals surface area contributed by atoms with Crippen molar-refractivity contribution >= 4 is 82.9 Å². The zero-order valence-electron chi connectivity index (χ0n) is 11.3. The summed E-state index contributed by atoms with van der Waals surface area (Å²) < 4.78 is 10.4. The van der Waals surface area contributed by atoms with E-state index in [1.807, 2.05) is 30.3 Å². The van der Waals surface area contributed by atoms with E-state index in [1.165, 1.54) is 0 Å². The lowest BCUT2D eigenvalue weighted by molar-refractivity contribution is 0.623. The van der Waals surface area contributed by atoms with E-state index in [1.54, 1.807) is 6.55 Å². The second-order valence-corrected chi connectivity index (χ2v) is 20.9. The molecular formula is C9H18Cl4O2Si4. The molecule has 0 amide bonds. The molecule has 1 atom stereocenters. The summed E-state index contributed by atoms with van der Waals surface area (Å²) in [6.07, 6.45) is -3.13. The van der Waals surface area contributed by atoms with Gasteiger partial charge < -0.3 is 8.23 Å². The summed E-state index contributed by atoms with van der Waals surface area (Å²) in [7, 11) is -2.23. The smallest absolute Gasteiger partial charge is 0.466 e. The number of halogens is 4. The predicted octanol–water partition coefficient (Wildman–Crippen LogP) is 2.64. The predicted molar refractivity (Wildman–Crippen MR) is 97.8 cm³/mol. The Hall–Kier alpha value is 1.17. The molecule has 0 saturated heterocycles. The average Bonchev–Trinajstić information content (AvgIpc) is 2.28. The van der Waals surface area contributed by atoms with Gasteiger partial charge in [-0.3, -0.25) is 0 Å². The number of rotatable bonds is 4. The summed E-state index contributed by atoms with van der Waals surface area (Å²) in [6, 6.07) is 9.42. The number of hydrogen-bond donors (Lipinski definition) is 0. The maximum absolute atomic E-state index is 6.24. The first-order valence-corrected chi connectivity index (χ1v) is 17.6. The molecule has 0 spiro atoms. The van der Waals surface area contributed by atoms with Gasteiger partial charge in [0.2, 0.25) is 0 Å². The SMILES string of the molecule is C[SiH](C)O[SiH3].C[Si](Cl)(O[Si](Cl)(Cl)Cl)c1ccccc1. The van der Waals surface area contributed by atoms with Crippen LogP contribution in [0.4, 0.5) is 0 Å². The van der Waals surface area contributed by atoms with Crippen LogP contribution < -0.4 is 5.19 Å². The van der Waals surface area contributed by atoms with Gasteiger partial charge in [0.05, 0.1) is 0 Å². The standard InChI is InChI=1S/C7H8Cl4OSi2.C2H10OSi2/c1-13(8,12-14(9,10)11)7-5-3-2-4-6-7;1-5(2)3-4/h2-6H,1H3;5H,1-2,4H3. The second-order valence-electron chi connectivity index (χ2n) is 4.12. The van der Waals surface area contributed by atoms with Gasteiger partial charge in [0.15, 0.2) is 9.04 Å². The van der Waals surface area contributed by atoms with Crippen molar-refractivity contribution in [2.75, 3.05) is 0 Å². The fraction of sp³-hybridized carbons (Fsp3) is 0.333. The van der Waals surface area contributed by atoms with E-state index in [-0.39, 0.29) is 0 Å². The van der Waals surface area contributed by atoms with E-state index in [4.69, 9.17) is 52.5 Å². The molecule has 0 aliphatic carbocycles. The van der Waals surface area contributed by atoms with Crippen molar-refractivity contribution in [1.82, 2.24) is 0 Å². The molecular weight excluding hydrogens is 394 g/mol. The minimum absolute atomic E-state index is 0.588. The van der Waals surface area contributed by atoms with E-state index in [2.05, 4.69) is 13.1 Å². The average molecular weight is 412 g/mol. The van der Waals surface area contributed by atoms with Crippen molar-refractivity contribution in [1.29, 1.82) is 0 Å². The molecule has 1 unspecified atom stereocenters. The lowest BCUT2D eigenvalue weighted by Gasteiger charge is -2.23. The van der Waals surface area contributed by atoms with Crippen molar-refractivity contribution in [2.24, 2.45) is 0 Å². The van der Waals surface area contributed by atoms with E-state index < -0.39 is 22.9 Å². The topological polar surface area (TPSA) is 18.5 Å². The first-order valence-electron chi connectivity index (χ1n) is 5.62. The molecule has 1 aromatic rings. The Morgan fingerprint density at radius 2 is 1.47 bits per heavy atom. The summed E-state index contributed by atoms with van der Waals surface area (Å²) in [6.45, 7) is 6.14. The molecule has 10 heteroatoms. The molecule has 0 aliphatic heterocycles. The highest BCUT2D eigenvalue weighted by molar-refractivity contribution is 7.63. The molecule has 1 rings (SSSR count). The van der Waals surface area contributed by atoms with E-state index in [0.29, 0.717) is 0 Å². The van der Waals surface area contributed by atoms with Crippen molar-refractivity contribution < 1.29 is 8.23 Å².